The van der Waals surface area contributed by atoms with Crippen molar-refractivity contribution >= 4 is 18.1 Å². The lowest BCUT2D eigenvalue weighted by Gasteiger charge is -2.17. The highest BCUT2D eigenvalue weighted by Gasteiger charge is 2.07. The standard InChI is InChI=1S/C15H21N5OS/c1-3-5-13-17-15(22)20(18-13)10-19(2)9-11-6-4-7-12(8-11)14(16)21/h4,6-8H,3,5,9-10H2,1-2H3,(H2,16,21)(H,17,18,22). The van der Waals surface area contributed by atoms with Crippen molar-refractivity contribution in [3.8, 4) is 0 Å². The molecule has 7 heteroatoms. The smallest absolute Gasteiger partial charge is 0.248 e. The Kier molecular flexibility index (Phi) is 5.46. The predicted octanol–water partition coefficient (Wildman–Crippen LogP) is 2.08. The van der Waals surface area contributed by atoms with E-state index in [1.165, 1.54) is 0 Å². The molecule has 22 heavy (non-hydrogen) atoms. The molecule has 0 fully saturated rings. The second-order valence-electron chi connectivity index (χ2n) is 5.35. The molecule has 0 saturated heterocycles. The first-order valence-corrected chi connectivity index (χ1v) is 7.63. The number of primary amides is 1. The fraction of sp³-hybridized carbons (Fsp3) is 0.400. The van der Waals surface area contributed by atoms with Gasteiger partial charge in [-0.25, -0.2) is 9.67 Å². The number of nitrogens with two attached hydrogens (primary N) is 1. The van der Waals surface area contributed by atoms with Gasteiger partial charge in [-0.1, -0.05) is 19.1 Å². The molecule has 3 N–H and O–H groups in total. The highest BCUT2D eigenvalue weighted by atomic mass is 32.1. The van der Waals surface area contributed by atoms with E-state index in [2.05, 4.69) is 21.9 Å². The van der Waals surface area contributed by atoms with Crippen LogP contribution in [0.3, 0.4) is 0 Å². The number of aromatic amines is 1. The van der Waals surface area contributed by atoms with Gasteiger partial charge in [0.1, 0.15) is 5.82 Å². The molecule has 1 amide bonds. The van der Waals surface area contributed by atoms with Gasteiger partial charge in [0.05, 0.1) is 6.67 Å². The van der Waals surface area contributed by atoms with E-state index in [0.717, 1.165) is 24.2 Å². The molecule has 1 aromatic carbocycles. The summed E-state index contributed by atoms with van der Waals surface area (Å²) in [4.78, 5) is 17.6. The average Bonchev–Trinajstić information content (AvgIpc) is 2.79. The molecule has 0 spiro atoms. The van der Waals surface area contributed by atoms with E-state index in [-0.39, 0.29) is 0 Å². The first-order valence-electron chi connectivity index (χ1n) is 7.22. The average molecular weight is 319 g/mol. The van der Waals surface area contributed by atoms with Crippen LogP contribution in [0.25, 0.3) is 0 Å². The minimum Gasteiger partial charge on any atom is -0.366 e. The van der Waals surface area contributed by atoms with Crippen LogP contribution in [0.5, 0.6) is 0 Å². The molecule has 6 nitrogen and oxygen atoms in total. The van der Waals surface area contributed by atoms with Gasteiger partial charge >= 0.3 is 0 Å². The van der Waals surface area contributed by atoms with E-state index in [4.69, 9.17) is 18.0 Å². The largest absolute Gasteiger partial charge is 0.366 e. The maximum absolute atomic E-state index is 11.2. The van der Waals surface area contributed by atoms with E-state index < -0.39 is 5.91 Å². The van der Waals surface area contributed by atoms with E-state index in [1.807, 2.05) is 29.9 Å². The van der Waals surface area contributed by atoms with Gasteiger partial charge in [0.15, 0.2) is 0 Å². The van der Waals surface area contributed by atoms with Gasteiger partial charge in [0.25, 0.3) is 0 Å². The van der Waals surface area contributed by atoms with Crippen LogP contribution in [0.1, 0.15) is 35.1 Å². The molecule has 0 atom stereocenters. The zero-order valence-electron chi connectivity index (χ0n) is 12.9. The topological polar surface area (TPSA) is 79.9 Å². The van der Waals surface area contributed by atoms with Gasteiger partial charge in [-0.05, 0) is 43.4 Å². The monoisotopic (exact) mass is 319 g/mol. The van der Waals surface area contributed by atoms with Crippen molar-refractivity contribution in [1.82, 2.24) is 19.7 Å². The molecular formula is C15H21N5OS. The molecule has 0 saturated carbocycles. The van der Waals surface area contributed by atoms with E-state index in [1.54, 1.807) is 6.07 Å². The Labute approximate surface area is 134 Å². The van der Waals surface area contributed by atoms with Crippen LogP contribution in [0.4, 0.5) is 0 Å². The van der Waals surface area contributed by atoms with E-state index >= 15 is 0 Å². The number of nitrogens with one attached hydrogen (secondary N) is 1. The predicted molar refractivity (Wildman–Crippen MR) is 87.8 cm³/mol. The molecular weight excluding hydrogens is 298 g/mol. The molecule has 2 rings (SSSR count). The minimum absolute atomic E-state index is 0.413. The van der Waals surface area contributed by atoms with Crippen LogP contribution in [-0.2, 0) is 19.6 Å². The number of rotatable bonds is 7. The Morgan fingerprint density at radius 2 is 2.27 bits per heavy atom. The summed E-state index contributed by atoms with van der Waals surface area (Å²) < 4.78 is 2.40. The number of hydrogen-bond donors (Lipinski definition) is 2. The summed E-state index contributed by atoms with van der Waals surface area (Å²) in [6.07, 6.45) is 1.92. The number of carbonyl (C=O) groups excluding carboxylic acids is 1. The Balaban J connectivity index is 2.03. The number of benzene rings is 1. The molecule has 0 radical (unpaired) electrons. The molecule has 2 aromatic rings. The Morgan fingerprint density at radius 1 is 1.50 bits per heavy atom. The van der Waals surface area contributed by atoms with E-state index in [0.29, 0.717) is 23.5 Å². The number of aryl methyl sites for hydroxylation is 1. The number of amides is 1. The molecule has 0 aliphatic rings. The highest BCUT2D eigenvalue weighted by Crippen LogP contribution is 2.08. The fourth-order valence-corrected chi connectivity index (χ4v) is 2.49. The molecule has 1 aromatic heterocycles. The van der Waals surface area contributed by atoms with Crippen LogP contribution >= 0.6 is 12.2 Å². The molecule has 0 bridgehead atoms. The molecule has 1 heterocycles. The fourth-order valence-electron chi connectivity index (χ4n) is 2.27. The van der Waals surface area contributed by atoms with Gasteiger partial charge in [0, 0.05) is 18.5 Å². The number of hydrogen-bond acceptors (Lipinski definition) is 4. The van der Waals surface area contributed by atoms with Crippen LogP contribution < -0.4 is 5.73 Å². The molecule has 0 unspecified atom stereocenters. The quantitative estimate of drug-likeness (QED) is 0.766. The van der Waals surface area contributed by atoms with Crippen molar-refractivity contribution in [3.05, 3.63) is 46.0 Å². The van der Waals surface area contributed by atoms with Crippen molar-refractivity contribution in [1.29, 1.82) is 0 Å². The first kappa shape index (κ1) is 16.4. The van der Waals surface area contributed by atoms with Crippen molar-refractivity contribution in [3.63, 3.8) is 0 Å². The third kappa shape index (κ3) is 4.25. The molecule has 0 aliphatic heterocycles. The summed E-state index contributed by atoms with van der Waals surface area (Å²) in [6.45, 7) is 3.40. The van der Waals surface area contributed by atoms with Crippen molar-refractivity contribution in [2.24, 2.45) is 5.73 Å². The van der Waals surface area contributed by atoms with Crippen LogP contribution in [0, 0.1) is 4.77 Å². The van der Waals surface area contributed by atoms with E-state index in [9.17, 15) is 4.79 Å². The van der Waals surface area contributed by atoms with Crippen LogP contribution in [0.15, 0.2) is 24.3 Å². The van der Waals surface area contributed by atoms with Crippen LogP contribution in [-0.4, -0.2) is 32.6 Å². The second kappa shape index (κ2) is 7.33. The van der Waals surface area contributed by atoms with Gasteiger partial charge in [-0.15, -0.1) is 0 Å². The number of carbonyl (C=O) groups is 1. The normalized spacial score (nSPS) is 11.0. The Bertz CT molecular complexity index is 706. The zero-order chi connectivity index (χ0) is 16.1. The van der Waals surface area contributed by atoms with Crippen molar-refractivity contribution in [2.75, 3.05) is 7.05 Å². The first-order chi connectivity index (χ1) is 10.5. The van der Waals surface area contributed by atoms with Gasteiger partial charge in [-0.2, -0.15) is 0 Å². The number of H-pyrrole nitrogens is 1. The lowest BCUT2D eigenvalue weighted by atomic mass is 10.1. The molecule has 0 aliphatic carbocycles. The summed E-state index contributed by atoms with van der Waals surface area (Å²) in [6, 6.07) is 7.34. The lowest BCUT2D eigenvalue weighted by Crippen LogP contribution is -2.23. The van der Waals surface area contributed by atoms with Gasteiger partial charge in [-0.3, -0.25) is 14.8 Å². The van der Waals surface area contributed by atoms with Crippen molar-refractivity contribution in [2.45, 2.75) is 33.0 Å². The Hall–Kier alpha value is -1.99. The summed E-state index contributed by atoms with van der Waals surface area (Å²) in [5.41, 5.74) is 6.85. The zero-order valence-corrected chi connectivity index (χ0v) is 13.7. The summed E-state index contributed by atoms with van der Waals surface area (Å²) in [7, 11) is 1.99. The SMILES string of the molecule is CCCc1nc(=S)n(CN(C)Cc2cccc(C(N)=O)c2)[nH]1. The van der Waals surface area contributed by atoms with Gasteiger partial charge in [0.2, 0.25) is 10.7 Å². The van der Waals surface area contributed by atoms with Crippen molar-refractivity contribution < 1.29 is 4.79 Å². The summed E-state index contributed by atoms with van der Waals surface area (Å²) in [5.74, 6) is 0.501. The lowest BCUT2D eigenvalue weighted by molar-refractivity contribution is 0.1000. The maximum atomic E-state index is 11.2. The molecule has 118 valence electrons. The third-order valence-electron chi connectivity index (χ3n) is 3.26. The minimum atomic E-state index is -0.413. The third-order valence-corrected chi connectivity index (χ3v) is 3.57. The van der Waals surface area contributed by atoms with Crippen LogP contribution in [0.2, 0.25) is 0 Å². The number of aromatic nitrogens is 3. The Morgan fingerprint density at radius 3 is 2.95 bits per heavy atom. The van der Waals surface area contributed by atoms with Gasteiger partial charge < -0.3 is 5.73 Å². The summed E-state index contributed by atoms with van der Waals surface area (Å²) >= 11 is 5.26. The summed E-state index contributed by atoms with van der Waals surface area (Å²) in [5, 5.41) is 3.21. The second-order valence-corrected chi connectivity index (χ2v) is 5.72. The maximum Gasteiger partial charge on any atom is 0.248 e. The highest BCUT2D eigenvalue weighted by molar-refractivity contribution is 7.71. The number of nitrogens with zero attached hydrogens (tertiary/aromatic N) is 3.